The number of aryl methyl sites for hydroxylation is 1. The van der Waals surface area contributed by atoms with Crippen molar-refractivity contribution in [1.29, 1.82) is 0 Å². The Labute approximate surface area is 75.0 Å². The molecule has 0 spiro atoms. The molecular weight excluding hydrogens is 176 g/mol. The SMILES string of the molecule is Cc1cc(F)c([C@H](N)CO)c(F)c1. The molecule has 4 heteroatoms. The maximum atomic E-state index is 13.1. The largest absolute Gasteiger partial charge is 0.394 e. The van der Waals surface area contributed by atoms with E-state index in [1.807, 2.05) is 0 Å². The summed E-state index contributed by atoms with van der Waals surface area (Å²) in [4.78, 5) is 0. The minimum atomic E-state index is -0.999. The van der Waals surface area contributed by atoms with E-state index in [1.165, 1.54) is 12.1 Å². The number of rotatable bonds is 2. The lowest BCUT2D eigenvalue weighted by Crippen LogP contribution is -2.18. The van der Waals surface area contributed by atoms with Gasteiger partial charge in [-0.15, -0.1) is 0 Å². The summed E-state index contributed by atoms with van der Waals surface area (Å²) < 4.78 is 26.2. The van der Waals surface area contributed by atoms with E-state index >= 15 is 0 Å². The Bertz CT molecular complexity index is 291. The lowest BCUT2D eigenvalue weighted by molar-refractivity contribution is 0.262. The number of aliphatic hydroxyl groups is 1. The smallest absolute Gasteiger partial charge is 0.131 e. The Morgan fingerprint density at radius 2 is 1.85 bits per heavy atom. The van der Waals surface area contributed by atoms with Crippen molar-refractivity contribution in [2.45, 2.75) is 13.0 Å². The van der Waals surface area contributed by atoms with Gasteiger partial charge in [0.25, 0.3) is 0 Å². The zero-order chi connectivity index (χ0) is 10.0. The lowest BCUT2D eigenvalue weighted by atomic mass is 10.0. The van der Waals surface area contributed by atoms with Crippen LogP contribution in [0, 0.1) is 18.6 Å². The monoisotopic (exact) mass is 187 g/mol. The number of benzene rings is 1. The molecular formula is C9H11F2NO. The number of halogens is 2. The highest BCUT2D eigenvalue weighted by Crippen LogP contribution is 2.20. The molecule has 0 aliphatic rings. The van der Waals surface area contributed by atoms with Crippen molar-refractivity contribution in [3.05, 3.63) is 34.9 Å². The predicted molar refractivity (Wildman–Crippen MR) is 45.1 cm³/mol. The fraction of sp³-hybridized carbons (Fsp3) is 0.333. The van der Waals surface area contributed by atoms with Crippen LogP contribution >= 0.6 is 0 Å². The second-order valence-electron chi connectivity index (χ2n) is 2.93. The van der Waals surface area contributed by atoms with Gasteiger partial charge in [0.05, 0.1) is 12.6 Å². The summed E-state index contributed by atoms with van der Waals surface area (Å²) in [6.45, 7) is 1.11. The molecule has 0 aromatic heterocycles. The highest BCUT2D eigenvalue weighted by molar-refractivity contribution is 5.27. The molecule has 1 aromatic rings. The normalized spacial score (nSPS) is 13.0. The molecule has 1 rings (SSSR count). The number of aliphatic hydroxyl groups excluding tert-OH is 1. The van der Waals surface area contributed by atoms with E-state index < -0.39 is 24.3 Å². The first-order valence-corrected chi connectivity index (χ1v) is 3.88. The van der Waals surface area contributed by atoms with Crippen LogP contribution in [0.1, 0.15) is 17.2 Å². The Hall–Kier alpha value is -1.00. The van der Waals surface area contributed by atoms with Crippen molar-refractivity contribution < 1.29 is 13.9 Å². The zero-order valence-electron chi connectivity index (χ0n) is 7.22. The van der Waals surface area contributed by atoms with Crippen molar-refractivity contribution in [3.8, 4) is 0 Å². The van der Waals surface area contributed by atoms with Gasteiger partial charge in [0.2, 0.25) is 0 Å². The van der Waals surface area contributed by atoms with Crippen molar-refractivity contribution in [1.82, 2.24) is 0 Å². The molecule has 0 saturated heterocycles. The van der Waals surface area contributed by atoms with Gasteiger partial charge in [0.15, 0.2) is 0 Å². The number of hydrogen-bond donors (Lipinski definition) is 2. The van der Waals surface area contributed by atoms with Gasteiger partial charge in [-0.05, 0) is 24.6 Å². The van der Waals surface area contributed by atoms with Crippen molar-refractivity contribution >= 4 is 0 Å². The number of nitrogens with two attached hydrogens (primary N) is 1. The molecule has 72 valence electrons. The van der Waals surface area contributed by atoms with Gasteiger partial charge in [0, 0.05) is 5.56 Å². The average Bonchev–Trinajstić information content (AvgIpc) is 2.02. The van der Waals surface area contributed by atoms with Crippen molar-refractivity contribution in [2.75, 3.05) is 6.61 Å². The molecule has 0 bridgehead atoms. The highest BCUT2D eigenvalue weighted by Gasteiger charge is 2.16. The van der Waals surface area contributed by atoms with Crippen LogP contribution in [-0.2, 0) is 0 Å². The predicted octanol–water partition coefficient (Wildman–Crippen LogP) is 1.27. The van der Waals surface area contributed by atoms with Crippen LogP contribution in [-0.4, -0.2) is 11.7 Å². The molecule has 1 atom stereocenters. The van der Waals surface area contributed by atoms with Crippen molar-refractivity contribution in [2.24, 2.45) is 5.73 Å². The summed E-state index contributed by atoms with van der Waals surface area (Å²) >= 11 is 0. The van der Waals surface area contributed by atoms with E-state index in [9.17, 15) is 8.78 Å². The first-order chi connectivity index (χ1) is 6.06. The lowest BCUT2D eigenvalue weighted by Gasteiger charge is -2.11. The minimum absolute atomic E-state index is 0.256. The third-order valence-corrected chi connectivity index (χ3v) is 1.79. The molecule has 0 saturated carbocycles. The van der Waals surface area contributed by atoms with Crippen LogP contribution in [0.2, 0.25) is 0 Å². The first kappa shape index (κ1) is 10.1. The van der Waals surface area contributed by atoms with Crippen LogP contribution in [0.3, 0.4) is 0 Å². The minimum Gasteiger partial charge on any atom is -0.394 e. The topological polar surface area (TPSA) is 46.2 Å². The van der Waals surface area contributed by atoms with E-state index in [1.54, 1.807) is 6.92 Å². The molecule has 0 radical (unpaired) electrons. The molecule has 0 heterocycles. The van der Waals surface area contributed by atoms with E-state index in [-0.39, 0.29) is 5.56 Å². The molecule has 0 unspecified atom stereocenters. The fourth-order valence-corrected chi connectivity index (χ4v) is 1.16. The molecule has 0 aliphatic carbocycles. The second kappa shape index (κ2) is 3.81. The fourth-order valence-electron chi connectivity index (χ4n) is 1.16. The molecule has 3 N–H and O–H groups in total. The van der Waals surface area contributed by atoms with Gasteiger partial charge in [-0.3, -0.25) is 0 Å². The summed E-state index contributed by atoms with van der Waals surface area (Å²) in [5, 5.41) is 8.65. The standard InChI is InChI=1S/C9H11F2NO/c1-5-2-6(10)9(7(11)3-5)8(12)4-13/h2-3,8,13H,4,12H2,1H3/t8-/m1/s1. The molecule has 13 heavy (non-hydrogen) atoms. The van der Waals surface area contributed by atoms with Crippen LogP contribution in [0.25, 0.3) is 0 Å². The van der Waals surface area contributed by atoms with E-state index in [2.05, 4.69) is 0 Å². The summed E-state index contributed by atoms with van der Waals surface area (Å²) in [6, 6.07) is 1.38. The third-order valence-electron chi connectivity index (χ3n) is 1.79. The van der Waals surface area contributed by atoms with Gasteiger partial charge in [-0.1, -0.05) is 0 Å². The quantitative estimate of drug-likeness (QED) is 0.732. The number of hydrogen-bond acceptors (Lipinski definition) is 2. The average molecular weight is 187 g/mol. The van der Waals surface area contributed by atoms with Crippen LogP contribution in [0.4, 0.5) is 8.78 Å². The molecule has 0 fully saturated rings. The Kier molecular flexibility index (Phi) is 2.95. The molecule has 2 nitrogen and oxygen atoms in total. The van der Waals surface area contributed by atoms with Crippen LogP contribution < -0.4 is 5.73 Å². The highest BCUT2D eigenvalue weighted by atomic mass is 19.1. The zero-order valence-corrected chi connectivity index (χ0v) is 7.22. The van der Waals surface area contributed by atoms with Gasteiger partial charge >= 0.3 is 0 Å². The Balaban J connectivity index is 3.20. The summed E-state index contributed by atoms with van der Waals surface area (Å²) in [6.07, 6.45) is 0. The maximum Gasteiger partial charge on any atom is 0.131 e. The van der Waals surface area contributed by atoms with Crippen LogP contribution in [0.5, 0.6) is 0 Å². The summed E-state index contributed by atoms with van der Waals surface area (Å²) in [5.74, 6) is -1.42. The van der Waals surface area contributed by atoms with Gasteiger partial charge < -0.3 is 10.8 Å². The van der Waals surface area contributed by atoms with Gasteiger partial charge in [-0.2, -0.15) is 0 Å². The van der Waals surface area contributed by atoms with Crippen molar-refractivity contribution in [3.63, 3.8) is 0 Å². The van der Waals surface area contributed by atoms with E-state index in [4.69, 9.17) is 10.8 Å². The molecule has 0 amide bonds. The Morgan fingerprint density at radius 3 is 2.23 bits per heavy atom. The molecule has 0 aliphatic heterocycles. The third kappa shape index (κ3) is 2.02. The maximum absolute atomic E-state index is 13.1. The first-order valence-electron chi connectivity index (χ1n) is 3.88. The second-order valence-corrected chi connectivity index (χ2v) is 2.93. The molecule has 1 aromatic carbocycles. The Morgan fingerprint density at radius 1 is 1.38 bits per heavy atom. The van der Waals surface area contributed by atoms with E-state index in [0.29, 0.717) is 5.56 Å². The van der Waals surface area contributed by atoms with E-state index in [0.717, 1.165) is 0 Å². The van der Waals surface area contributed by atoms with Gasteiger partial charge in [0.1, 0.15) is 11.6 Å². The van der Waals surface area contributed by atoms with Crippen LogP contribution in [0.15, 0.2) is 12.1 Å². The summed E-state index contributed by atoms with van der Waals surface area (Å²) in [7, 11) is 0. The van der Waals surface area contributed by atoms with Gasteiger partial charge in [-0.25, -0.2) is 8.78 Å². The summed E-state index contributed by atoms with van der Waals surface area (Å²) in [5.41, 5.74) is 5.55.